The van der Waals surface area contributed by atoms with E-state index >= 15 is 0 Å². The zero-order valence-corrected chi connectivity index (χ0v) is 17.7. The highest BCUT2D eigenvalue weighted by Gasteiger charge is 2.50. The molecule has 0 unspecified atom stereocenters. The van der Waals surface area contributed by atoms with E-state index < -0.39 is 5.97 Å². The van der Waals surface area contributed by atoms with E-state index in [1.165, 1.54) is 38.5 Å². The van der Waals surface area contributed by atoms with Gasteiger partial charge in [0.25, 0.3) is 5.91 Å². The lowest BCUT2D eigenvalue weighted by molar-refractivity contribution is -0.150. The topological polar surface area (TPSA) is 81.7 Å². The highest BCUT2D eigenvalue weighted by molar-refractivity contribution is 5.95. The Bertz CT molecular complexity index is 765. The molecule has 4 aliphatic carbocycles. The van der Waals surface area contributed by atoms with Gasteiger partial charge in [-0.05, 0) is 86.0 Å². The van der Waals surface area contributed by atoms with E-state index in [0.717, 1.165) is 17.8 Å². The molecular weight excluding hydrogens is 382 g/mol. The van der Waals surface area contributed by atoms with E-state index in [2.05, 4.69) is 5.32 Å². The van der Waals surface area contributed by atoms with Crippen molar-refractivity contribution in [3.05, 3.63) is 29.8 Å². The van der Waals surface area contributed by atoms with Gasteiger partial charge in [-0.3, -0.25) is 9.59 Å². The van der Waals surface area contributed by atoms with Crippen LogP contribution in [-0.4, -0.2) is 37.4 Å². The van der Waals surface area contributed by atoms with Crippen LogP contribution in [0.25, 0.3) is 0 Å². The Morgan fingerprint density at radius 3 is 2.13 bits per heavy atom. The van der Waals surface area contributed by atoms with Gasteiger partial charge in [-0.2, -0.15) is 0 Å². The lowest BCUT2D eigenvalue weighted by Crippen LogP contribution is -2.51. The first-order valence-electron chi connectivity index (χ1n) is 11.1. The molecule has 1 aromatic rings. The number of nitrogens with one attached hydrogen (secondary N) is 1. The summed E-state index contributed by atoms with van der Waals surface area (Å²) >= 11 is 0. The van der Waals surface area contributed by atoms with Crippen molar-refractivity contribution in [2.24, 2.45) is 23.2 Å². The summed E-state index contributed by atoms with van der Waals surface area (Å²) in [4.78, 5) is 35.7. The Hall–Kier alpha value is -2.37. The van der Waals surface area contributed by atoms with Crippen LogP contribution >= 0.6 is 0 Å². The van der Waals surface area contributed by atoms with Gasteiger partial charge < -0.3 is 14.8 Å². The Balaban J connectivity index is 1.15. The van der Waals surface area contributed by atoms with Gasteiger partial charge in [0.1, 0.15) is 5.75 Å². The molecule has 162 valence electrons. The minimum Gasteiger partial charge on any atom is -0.482 e. The molecule has 4 saturated carbocycles. The molecule has 0 saturated heterocycles. The molecule has 0 radical (unpaired) electrons. The maximum Gasteiger partial charge on any atom is 0.344 e. The average Bonchev–Trinajstić information content (AvgIpc) is 2.73. The predicted octanol–water partition coefficient (Wildman–Crippen LogP) is 3.53. The van der Waals surface area contributed by atoms with E-state index in [1.807, 2.05) is 6.92 Å². The summed E-state index contributed by atoms with van der Waals surface area (Å²) < 4.78 is 10.4. The van der Waals surface area contributed by atoms with Crippen LogP contribution in [0.1, 0.15) is 62.2 Å². The van der Waals surface area contributed by atoms with E-state index in [4.69, 9.17) is 9.47 Å². The van der Waals surface area contributed by atoms with Gasteiger partial charge in [0.05, 0.1) is 0 Å². The SMILES string of the molecule is CCC(=O)c1ccc(OCC(=O)OCC(=O)NCC23CC4CC(CC(C4)C2)C3)cc1. The second kappa shape index (κ2) is 8.78. The summed E-state index contributed by atoms with van der Waals surface area (Å²) in [6.45, 7) is 1.95. The van der Waals surface area contributed by atoms with E-state index in [0.29, 0.717) is 24.3 Å². The molecule has 4 fully saturated rings. The Morgan fingerprint density at radius 1 is 0.967 bits per heavy atom. The fraction of sp³-hybridized carbons (Fsp3) is 0.625. The number of amides is 1. The molecule has 0 aromatic heterocycles. The molecule has 4 aliphatic rings. The predicted molar refractivity (Wildman–Crippen MR) is 111 cm³/mol. The molecule has 0 aliphatic heterocycles. The van der Waals surface area contributed by atoms with Crippen molar-refractivity contribution in [3.8, 4) is 5.75 Å². The molecule has 0 spiro atoms. The molecule has 1 amide bonds. The smallest absolute Gasteiger partial charge is 0.344 e. The summed E-state index contributed by atoms with van der Waals surface area (Å²) in [5.74, 6) is 2.23. The summed E-state index contributed by atoms with van der Waals surface area (Å²) in [7, 11) is 0. The largest absolute Gasteiger partial charge is 0.482 e. The number of ether oxygens (including phenoxy) is 2. The lowest BCUT2D eigenvalue weighted by atomic mass is 9.49. The number of ketones is 1. The third-order valence-electron chi connectivity index (χ3n) is 7.04. The van der Waals surface area contributed by atoms with Gasteiger partial charge in [-0.1, -0.05) is 6.92 Å². The monoisotopic (exact) mass is 413 g/mol. The first-order valence-corrected chi connectivity index (χ1v) is 11.1. The number of benzene rings is 1. The minimum atomic E-state index is -0.589. The molecule has 4 bridgehead atoms. The Labute approximate surface area is 177 Å². The maximum absolute atomic E-state index is 12.2. The molecule has 1 N–H and O–H groups in total. The number of esters is 1. The molecule has 5 rings (SSSR count). The minimum absolute atomic E-state index is 0.0560. The normalized spacial score (nSPS) is 28.8. The third kappa shape index (κ3) is 4.85. The van der Waals surface area contributed by atoms with Crippen molar-refractivity contribution in [3.63, 3.8) is 0 Å². The van der Waals surface area contributed by atoms with Crippen LogP contribution in [0, 0.1) is 23.2 Å². The second-order valence-corrected chi connectivity index (χ2v) is 9.44. The maximum atomic E-state index is 12.2. The zero-order valence-electron chi connectivity index (χ0n) is 17.7. The van der Waals surface area contributed by atoms with Crippen molar-refractivity contribution in [1.82, 2.24) is 5.32 Å². The van der Waals surface area contributed by atoms with Crippen molar-refractivity contribution in [2.75, 3.05) is 19.8 Å². The number of Topliss-reactive ketones (excluding diaryl/α,β-unsaturated/α-hetero) is 1. The first kappa shape index (κ1) is 20.9. The van der Waals surface area contributed by atoms with Gasteiger partial charge in [0.15, 0.2) is 19.0 Å². The first-order chi connectivity index (χ1) is 14.4. The van der Waals surface area contributed by atoms with Crippen LogP contribution in [0.4, 0.5) is 0 Å². The van der Waals surface area contributed by atoms with Crippen LogP contribution < -0.4 is 10.1 Å². The fourth-order valence-corrected chi connectivity index (χ4v) is 6.11. The highest BCUT2D eigenvalue weighted by Crippen LogP contribution is 2.59. The Morgan fingerprint density at radius 2 is 1.57 bits per heavy atom. The molecule has 0 atom stereocenters. The summed E-state index contributed by atoms with van der Waals surface area (Å²) in [6, 6.07) is 6.64. The molecule has 0 heterocycles. The van der Waals surface area contributed by atoms with E-state index in [1.54, 1.807) is 24.3 Å². The summed E-state index contributed by atoms with van der Waals surface area (Å²) in [6.07, 6.45) is 8.27. The van der Waals surface area contributed by atoms with E-state index in [-0.39, 0.29) is 30.3 Å². The molecular formula is C24H31NO5. The van der Waals surface area contributed by atoms with Gasteiger partial charge >= 0.3 is 5.97 Å². The van der Waals surface area contributed by atoms with Gasteiger partial charge in [-0.25, -0.2) is 4.79 Å². The van der Waals surface area contributed by atoms with Crippen molar-refractivity contribution < 1.29 is 23.9 Å². The number of hydrogen-bond acceptors (Lipinski definition) is 5. The van der Waals surface area contributed by atoms with Crippen LogP contribution in [0.15, 0.2) is 24.3 Å². The van der Waals surface area contributed by atoms with E-state index in [9.17, 15) is 14.4 Å². The zero-order chi connectivity index (χ0) is 21.1. The third-order valence-corrected chi connectivity index (χ3v) is 7.04. The number of carbonyl (C=O) groups excluding carboxylic acids is 3. The molecule has 6 heteroatoms. The fourth-order valence-electron chi connectivity index (χ4n) is 6.11. The number of rotatable bonds is 9. The van der Waals surface area contributed by atoms with Gasteiger partial charge in [0, 0.05) is 18.5 Å². The quantitative estimate of drug-likeness (QED) is 0.495. The van der Waals surface area contributed by atoms with Crippen molar-refractivity contribution in [1.29, 1.82) is 0 Å². The van der Waals surface area contributed by atoms with Crippen LogP contribution in [0.5, 0.6) is 5.75 Å². The number of hydrogen-bond donors (Lipinski definition) is 1. The van der Waals surface area contributed by atoms with Crippen molar-refractivity contribution in [2.45, 2.75) is 51.9 Å². The summed E-state index contributed by atoms with van der Waals surface area (Å²) in [5, 5.41) is 3.00. The highest BCUT2D eigenvalue weighted by atomic mass is 16.6. The average molecular weight is 414 g/mol. The standard InChI is InChI=1S/C24H31NO5/c1-2-21(26)19-3-5-20(6-4-19)29-14-23(28)30-13-22(27)25-15-24-10-16-7-17(11-24)9-18(8-16)12-24/h3-6,16-18H,2,7-15H2,1H3,(H,25,27). The van der Waals surface area contributed by atoms with Crippen LogP contribution in [0.3, 0.4) is 0 Å². The Kier molecular flexibility index (Phi) is 6.11. The van der Waals surface area contributed by atoms with Crippen molar-refractivity contribution >= 4 is 17.7 Å². The molecule has 6 nitrogen and oxygen atoms in total. The molecule has 1 aromatic carbocycles. The lowest BCUT2D eigenvalue weighted by Gasteiger charge is -2.56. The number of carbonyl (C=O) groups is 3. The van der Waals surface area contributed by atoms with Crippen LogP contribution in [0.2, 0.25) is 0 Å². The van der Waals surface area contributed by atoms with Gasteiger partial charge in [0.2, 0.25) is 0 Å². The summed E-state index contributed by atoms with van der Waals surface area (Å²) in [5.41, 5.74) is 0.881. The van der Waals surface area contributed by atoms with Gasteiger partial charge in [-0.15, -0.1) is 0 Å². The second-order valence-electron chi connectivity index (χ2n) is 9.44. The molecule has 30 heavy (non-hydrogen) atoms. The van der Waals surface area contributed by atoms with Crippen LogP contribution in [-0.2, 0) is 14.3 Å².